The first-order valence-corrected chi connectivity index (χ1v) is 7.72. The summed E-state index contributed by atoms with van der Waals surface area (Å²) in [5.74, 6) is 0. The van der Waals surface area contributed by atoms with Gasteiger partial charge in [0.1, 0.15) is 0 Å². The van der Waals surface area contributed by atoms with Gasteiger partial charge >= 0.3 is 0 Å². The third-order valence-corrected chi connectivity index (χ3v) is 4.58. The molecule has 0 bridgehead atoms. The normalized spacial score (nSPS) is 24.1. The number of hydrogen-bond donors (Lipinski definition) is 1. The molecule has 2 nitrogen and oxygen atoms in total. The molecule has 1 aliphatic heterocycles. The average molecular weight is 265 g/mol. The van der Waals surface area contributed by atoms with Crippen LogP contribution in [0.1, 0.15) is 25.3 Å². The lowest BCUT2D eigenvalue weighted by Crippen LogP contribution is -2.45. The Morgan fingerprint density at radius 1 is 1.33 bits per heavy atom. The van der Waals surface area contributed by atoms with E-state index in [1.54, 1.807) is 0 Å². The SMILES string of the molecule is CCCNC1CCOCC1Sc1ccc(C)cc1. The molecule has 100 valence electrons. The first kappa shape index (κ1) is 13.9. The van der Waals surface area contributed by atoms with Crippen molar-refractivity contribution in [3.8, 4) is 0 Å². The van der Waals surface area contributed by atoms with Crippen LogP contribution in [0.2, 0.25) is 0 Å². The first-order valence-electron chi connectivity index (χ1n) is 6.84. The van der Waals surface area contributed by atoms with Crippen LogP contribution >= 0.6 is 11.8 Å². The van der Waals surface area contributed by atoms with Gasteiger partial charge in [-0.15, -0.1) is 11.8 Å². The summed E-state index contributed by atoms with van der Waals surface area (Å²) >= 11 is 1.94. The molecule has 0 amide bonds. The van der Waals surface area contributed by atoms with Crippen LogP contribution in [0.4, 0.5) is 0 Å². The number of ether oxygens (including phenoxy) is 1. The van der Waals surface area contributed by atoms with Gasteiger partial charge < -0.3 is 10.1 Å². The van der Waals surface area contributed by atoms with Crippen LogP contribution < -0.4 is 5.32 Å². The van der Waals surface area contributed by atoms with Crippen LogP contribution in [0.15, 0.2) is 29.2 Å². The summed E-state index contributed by atoms with van der Waals surface area (Å²) < 4.78 is 5.63. The summed E-state index contributed by atoms with van der Waals surface area (Å²) in [5.41, 5.74) is 1.32. The van der Waals surface area contributed by atoms with E-state index in [-0.39, 0.29) is 0 Å². The summed E-state index contributed by atoms with van der Waals surface area (Å²) in [6, 6.07) is 9.38. The van der Waals surface area contributed by atoms with Crippen molar-refractivity contribution >= 4 is 11.8 Å². The molecule has 1 heterocycles. The van der Waals surface area contributed by atoms with Gasteiger partial charge in [0.05, 0.1) is 6.61 Å². The molecule has 1 fully saturated rings. The van der Waals surface area contributed by atoms with Gasteiger partial charge in [-0.25, -0.2) is 0 Å². The Labute approximate surface area is 114 Å². The van der Waals surface area contributed by atoms with E-state index < -0.39 is 0 Å². The number of thioether (sulfide) groups is 1. The second kappa shape index (κ2) is 7.17. The highest BCUT2D eigenvalue weighted by Gasteiger charge is 2.25. The van der Waals surface area contributed by atoms with Crippen LogP contribution in [0.3, 0.4) is 0 Å². The highest BCUT2D eigenvalue weighted by atomic mass is 32.2. The van der Waals surface area contributed by atoms with Crippen LogP contribution in [0.25, 0.3) is 0 Å². The van der Waals surface area contributed by atoms with E-state index in [2.05, 4.69) is 43.4 Å². The van der Waals surface area contributed by atoms with Crippen molar-refractivity contribution in [2.45, 2.75) is 42.9 Å². The number of benzene rings is 1. The van der Waals surface area contributed by atoms with Gasteiger partial charge in [0.25, 0.3) is 0 Å². The number of nitrogens with one attached hydrogen (secondary N) is 1. The van der Waals surface area contributed by atoms with Crippen LogP contribution in [-0.4, -0.2) is 31.1 Å². The van der Waals surface area contributed by atoms with E-state index in [0.29, 0.717) is 11.3 Å². The van der Waals surface area contributed by atoms with Crippen molar-refractivity contribution in [3.05, 3.63) is 29.8 Å². The van der Waals surface area contributed by atoms with Crippen molar-refractivity contribution < 1.29 is 4.74 Å². The van der Waals surface area contributed by atoms with Crippen LogP contribution in [0.5, 0.6) is 0 Å². The predicted molar refractivity (Wildman–Crippen MR) is 78.3 cm³/mol. The van der Waals surface area contributed by atoms with Crippen molar-refractivity contribution in [3.63, 3.8) is 0 Å². The molecule has 0 aliphatic carbocycles. The summed E-state index contributed by atoms with van der Waals surface area (Å²) in [6.07, 6.45) is 2.32. The maximum atomic E-state index is 5.63. The fraction of sp³-hybridized carbons (Fsp3) is 0.600. The molecule has 2 atom stereocenters. The minimum absolute atomic E-state index is 0.535. The van der Waals surface area contributed by atoms with E-state index in [0.717, 1.165) is 26.2 Å². The fourth-order valence-electron chi connectivity index (χ4n) is 2.18. The van der Waals surface area contributed by atoms with Gasteiger partial charge in [0.2, 0.25) is 0 Å². The first-order chi connectivity index (χ1) is 8.79. The van der Waals surface area contributed by atoms with Gasteiger partial charge in [-0.1, -0.05) is 24.6 Å². The molecule has 2 rings (SSSR count). The summed E-state index contributed by atoms with van der Waals surface area (Å²) in [6.45, 7) is 7.21. The molecule has 1 aromatic carbocycles. The fourth-order valence-corrected chi connectivity index (χ4v) is 3.39. The minimum atomic E-state index is 0.535. The molecule has 1 N–H and O–H groups in total. The van der Waals surface area contributed by atoms with Gasteiger partial charge in [0, 0.05) is 22.8 Å². The number of aryl methyl sites for hydroxylation is 1. The topological polar surface area (TPSA) is 21.3 Å². The van der Waals surface area contributed by atoms with Crippen molar-refractivity contribution in [1.82, 2.24) is 5.32 Å². The molecule has 1 aliphatic rings. The minimum Gasteiger partial charge on any atom is -0.380 e. The number of rotatable bonds is 5. The molecule has 1 aromatic rings. The highest BCUT2D eigenvalue weighted by molar-refractivity contribution is 8.00. The molecule has 2 unspecified atom stereocenters. The molecular formula is C15H23NOS. The monoisotopic (exact) mass is 265 g/mol. The van der Waals surface area contributed by atoms with Crippen LogP contribution in [-0.2, 0) is 4.74 Å². The Balaban J connectivity index is 1.94. The van der Waals surface area contributed by atoms with Gasteiger partial charge in [0.15, 0.2) is 0 Å². The molecule has 0 spiro atoms. The molecule has 0 saturated carbocycles. The van der Waals surface area contributed by atoms with E-state index in [1.165, 1.54) is 16.9 Å². The van der Waals surface area contributed by atoms with Crippen molar-refractivity contribution in [1.29, 1.82) is 0 Å². The van der Waals surface area contributed by atoms with E-state index in [9.17, 15) is 0 Å². The third-order valence-electron chi connectivity index (χ3n) is 3.27. The molecule has 3 heteroatoms. The molecule has 0 aromatic heterocycles. The van der Waals surface area contributed by atoms with E-state index >= 15 is 0 Å². The summed E-state index contributed by atoms with van der Waals surface area (Å²) in [7, 11) is 0. The zero-order valence-corrected chi connectivity index (χ0v) is 12.1. The molecule has 1 saturated heterocycles. The summed E-state index contributed by atoms with van der Waals surface area (Å²) in [5, 5.41) is 4.19. The maximum absolute atomic E-state index is 5.63. The van der Waals surface area contributed by atoms with Crippen molar-refractivity contribution in [2.24, 2.45) is 0 Å². The van der Waals surface area contributed by atoms with Gasteiger partial charge in [-0.05, 0) is 38.4 Å². The smallest absolute Gasteiger partial charge is 0.0603 e. The Kier molecular flexibility index (Phi) is 5.54. The zero-order valence-electron chi connectivity index (χ0n) is 11.3. The maximum Gasteiger partial charge on any atom is 0.0603 e. The third kappa shape index (κ3) is 4.01. The predicted octanol–water partition coefficient (Wildman–Crippen LogP) is 3.24. The standard InChI is InChI=1S/C15H23NOS/c1-3-9-16-14-8-10-17-11-15(14)18-13-6-4-12(2)5-7-13/h4-7,14-16H,3,8-11H2,1-2H3. The van der Waals surface area contributed by atoms with E-state index in [1.807, 2.05) is 11.8 Å². The average Bonchev–Trinajstić information content (AvgIpc) is 2.40. The van der Waals surface area contributed by atoms with E-state index in [4.69, 9.17) is 4.74 Å². The lowest BCUT2D eigenvalue weighted by molar-refractivity contribution is 0.0833. The second-order valence-electron chi connectivity index (χ2n) is 4.89. The molecule has 0 radical (unpaired) electrons. The Morgan fingerprint density at radius 2 is 2.11 bits per heavy atom. The lowest BCUT2D eigenvalue weighted by Gasteiger charge is -2.31. The Morgan fingerprint density at radius 3 is 2.83 bits per heavy atom. The van der Waals surface area contributed by atoms with Gasteiger partial charge in [-0.2, -0.15) is 0 Å². The summed E-state index contributed by atoms with van der Waals surface area (Å²) in [4.78, 5) is 1.35. The number of hydrogen-bond acceptors (Lipinski definition) is 3. The molecular weight excluding hydrogens is 242 g/mol. The molecule has 18 heavy (non-hydrogen) atoms. The lowest BCUT2D eigenvalue weighted by atomic mass is 10.1. The Bertz CT molecular complexity index is 352. The van der Waals surface area contributed by atoms with Crippen molar-refractivity contribution in [2.75, 3.05) is 19.8 Å². The second-order valence-corrected chi connectivity index (χ2v) is 6.21. The van der Waals surface area contributed by atoms with Gasteiger partial charge in [-0.3, -0.25) is 0 Å². The van der Waals surface area contributed by atoms with Crippen LogP contribution in [0, 0.1) is 6.92 Å². The quantitative estimate of drug-likeness (QED) is 0.883. The zero-order chi connectivity index (χ0) is 12.8. The highest BCUT2D eigenvalue weighted by Crippen LogP contribution is 2.29. The largest absolute Gasteiger partial charge is 0.380 e. The Hall–Kier alpha value is -0.510.